The van der Waals surface area contributed by atoms with Crippen LogP contribution in [0.4, 0.5) is 0 Å². The van der Waals surface area contributed by atoms with Gasteiger partial charge in [0, 0.05) is 18.4 Å². The van der Waals surface area contributed by atoms with Crippen LogP contribution in [-0.4, -0.2) is 41.9 Å². The summed E-state index contributed by atoms with van der Waals surface area (Å²) >= 11 is 0. The lowest BCUT2D eigenvalue weighted by atomic mass is 9.97. The Morgan fingerprint density at radius 1 is 1.07 bits per heavy atom. The molecule has 158 valence electrons. The van der Waals surface area contributed by atoms with E-state index in [2.05, 4.69) is 12.0 Å². The lowest BCUT2D eigenvalue weighted by Gasteiger charge is -2.22. The van der Waals surface area contributed by atoms with Crippen molar-refractivity contribution in [3.8, 4) is 11.5 Å². The van der Waals surface area contributed by atoms with Gasteiger partial charge in [0.1, 0.15) is 0 Å². The van der Waals surface area contributed by atoms with Crippen LogP contribution in [0.1, 0.15) is 48.9 Å². The number of carboxylic acid groups (broad SMARTS) is 1. The van der Waals surface area contributed by atoms with Gasteiger partial charge in [0.2, 0.25) is 5.91 Å². The Kier molecular flexibility index (Phi) is 6.72. The quantitative estimate of drug-likeness (QED) is 0.715. The number of nitrogens with zero attached hydrogens (tertiary/aromatic N) is 2. The third-order valence-corrected chi connectivity index (χ3v) is 5.21. The van der Waals surface area contributed by atoms with Gasteiger partial charge in [-0.1, -0.05) is 31.2 Å². The molecule has 2 aromatic rings. The van der Waals surface area contributed by atoms with Gasteiger partial charge in [0.25, 0.3) is 0 Å². The Hall–Kier alpha value is -3.35. The predicted molar refractivity (Wildman–Crippen MR) is 113 cm³/mol. The average molecular weight is 410 g/mol. The molecule has 0 aliphatic carbocycles. The number of carbonyl (C=O) groups excluding carboxylic acids is 1. The Morgan fingerprint density at radius 2 is 1.77 bits per heavy atom. The van der Waals surface area contributed by atoms with Crippen molar-refractivity contribution in [2.24, 2.45) is 5.10 Å². The minimum atomic E-state index is -1.00. The van der Waals surface area contributed by atoms with Crippen molar-refractivity contribution in [3.63, 3.8) is 0 Å². The number of hydrogen-bond donors (Lipinski definition) is 1. The van der Waals surface area contributed by atoms with Gasteiger partial charge in [-0.3, -0.25) is 9.59 Å². The van der Waals surface area contributed by atoms with Gasteiger partial charge < -0.3 is 14.6 Å². The largest absolute Gasteiger partial charge is 0.493 e. The zero-order valence-corrected chi connectivity index (χ0v) is 17.4. The highest BCUT2D eigenvalue weighted by Gasteiger charge is 2.33. The fourth-order valence-corrected chi connectivity index (χ4v) is 3.49. The number of carboxylic acids is 1. The van der Waals surface area contributed by atoms with E-state index in [4.69, 9.17) is 14.6 Å². The number of amides is 1. The maximum Gasteiger partial charge on any atom is 0.303 e. The number of benzene rings is 2. The predicted octanol–water partition coefficient (Wildman–Crippen LogP) is 3.81. The van der Waals surface area contributed by atoms with Crippen molar-refractivity contribution in [1.29, 1.82) is 0 Å². The molecule has 30 heavy (non-hydrogen) atoms. The number of aliphatic carboxylic acids is 1. The number of hydrogen-bond acceptors (Lipinski definition) is 5. The zero-order chi connectivity index (χ0) is 21.7. The lowest BCUT2D eigenvalue weighted by Crippen LogP contribution is -2.27. The average Bonchev–Trinajstić information content (AvgIpc) is 3.22. The van der Waals surface area contributed by atoms with E-state index in [1.807, 2.05) is 36.4 Å². The summed E-state index contributed by atoms with van der Waals surface area (Å²) in [6, 6.07) is 13.3. The number of hydrazone groups is 1. The van der Waals surface area contributed by atoms with Crippen molar-refractivity contribution >= 4 is 17.6 Å². The van der Waals surface area contributed by atoms with Crippen LogP contribution in [0.2, 0.25) is 0 Å². The first-order valence-electron chi connectivity index (χ1n) is 9.89. The van der Waals surface area contributed by atoms with Gasteiger partial charge in [-0.25, -0.2) is 5.01 Å². The number of carbonyl (C=O) groups is 2. The lowest BCUT2D eigenvalue weighted by molar-refractivity contribution is -0.141. The second-order valence-corrected chi connectivity index (χ2v) is 7.06. The summed E-state index contributed by atoms with van der Waals surface area (Å²) in [5, 5.41) is 15.0. The van der Waals surface area contributed by atoms with Crippen LogP contribution in [-0.2, 0) is 16.0 Å². The standard InChI is InChI=1S/C23H26N2O5/c1-4-15-5-7-16(8-6-15)19-14-18(24-25(19)22(26)11-12-23(27)28)17-9-10-20(29-2)21(13-17)30-3/h5-10,13,19H,4,11-12,14H2,1-3H3,(H,27,28). The number of rotatable bonds is 8. The maximum atomic E-state index is 12.8. The van der Waals surface area contributed by atoms with Gasteiger partial charge in [0.15, 0.2) is 11.5 Å². The normalized spacial score (nSPS) is 15.6. The van der Waals surface area contributed by atoms with Gasteiger partial charge in [-0.05, 0) is 35.7 Å². The molecule has 0 fully saturated rings. The molecule has 7 heteroatoms. The highest BCUT2D eigenvalue weighted by atomic mass is 16.5. The molecule has 1 N–H and O–H groups in total. The van der Waals surface area contributed by atoms with Gasteiger partial charge >= 0.3 is 5.97 Å². The Bertz CT molecular complexity index is 953. The first-order chi connectivity index (χ1) is 14.5. The van der Waals surface area contributed by atoms with E-state index >= 15 is 0 Å². The molecule has 2 aromatic carbocycles. The summed E-state index contributed by atoms with van der Waals surface area (Å²) in [4.78, 5) is 23.7. The highest BCUT2D eigenvalue weighted by Crippen LogP contribution is 2.36. The fourth-order valence-electron chi connectivity index (χ4n) is 3.49. The molecule has 3 rings (SSSR count). The summed E-state index contributed by atoms with van der Waals surface area (Å²) in [5.74, 6) is -0.119. The minimum absolute atomic E-state index is 0.0956. The summed E-state index contributed by atoms with van der Waals surface area (Å²) in [5.41, 5.74) is 3.75. The number of aryl methyl sites for hydroxylation is 1. The molecular formula is C23H26N2O5. The van der Waals surface area contributed by atoms with Crippen LogP contribution in [0, 0.1) is 0 Å². The first-order valence-corrected chi connectivity index (χ1v) is 9.89. The Balaban J connectivity index is 1.93. The van der Waals surface area contributed by atoms with E-state index in [-0.39, 0.29) is 24.8 Å². The van der Waals surface area contributed by atoms with Crippen molar-refractivity contribution in [3.05, 3.63) is 59.2 Å². The molecule has 0 spiro atoms. The van der Waals surface area contributed by atoms with E-state index in [0.29, 0.717) is 17.9 Å². The fraction of sp³-hybridized carbons (Fsp3) is 0.348. The molecule has 1 heterocycles. The monoisotopic (exact) mass is 410 g/mol. The molecule has 0 saturated carbocycles. The maximum absolute atomic E-state index is 12.8. The van der Waals surface area contributed by atoms with Gasteiger partial charge in [-0.15, -0.1) is 0 Å². The molecule has 0 bridgehead atoms. The minimum Gasteiger partial charge on any atom is -0.493 e. The molecule has 0 radical (unpaired) electrons. The van der Waals surface area contributed by atoms with E-state index in [9.17, 15) is 9.59 Å². The van der Waals surface area contributed by atoms with Crippen LogP contribution >= 0.6 is 0 Å². The van der Waals surface area contributed by atoms with Crippen molar-refractivity contribution < 1.29 is 24.2 Å². The van der Waals surface area contributed by atoms with E-state index < -0.39 is 5.97 Å². The molecular weight excluding hydrogens is 384 g/mol. The highest BCUT2D eigenvalue weighted by molar-refractivity contribution is 6.03. The van der Waals surface area contributed by atoms with Crippen LogP contribution in [0.25, 0.3) is 0 Å². The first kappa shape index (κ1) is 21.4. The number of methoxy groups -OCH3 is 2. The third kappa shape index (κ3) is 4.62. The van der Waals surface area contributed by atoms with Gasteiger partial charge in [-0.2, -0.15) is 5.10 Å². The van der Waals surface area contributed by atoms with Crippen LogP contribution in [0.15, 0.2) is 47.6 Å². The molecule has 0 saturated heterocycles. The van der Waals surface area contributed by atoms with Crippen molar-refractivity contribution in [2.45, 2.75) is 38.6 Å². The zero-order valence-electron chi connectivity index (χ0n) is 17.4. The molecule has 1 atom stereocenters. The van der Waals surface area contributed by atoms with Crippen LogP contribution in [0.5, 0.6) is 11.5 Å². The topological polar surface area (TPSA) is 88.4 Å². The molecule has 1 unspecified atom stereocenters. The second-order valence-electron chi connectivity index (χ2n) is 7.06. The van der Waals surface area contributed by atoms with E-state index in [1.54, 1.807) is 20.3 Å². The molecule has 1 aliphatic heterocycles. The summed E-state index contributed by atoms with van der Waals surface area (Å²) in [6.07, 6.45) is 1.14. The summed E-state index contributed by atoms with van der Waals surface area (Å²) in [6.45, 7) is 2.09. The second kappa shape index (κ2) is 9.43. The van der Waals surface area contributed by atoms with Crippen LogP contribution in [0.3, 0.4) is 0 Å². The van der Waals surface area contributed by atoms with E-state index in [1.165, 1.54) is 10.6 Å². The van der Waals surface area contributed by atoms with Gasteiger partial charge in [0.05, 0.1) is 32.4 Å². The SMILES string of the molecule is CCc1ccc(C2CC(c3ccc(OC)c(OC)c3)=NN2C(=O)CCC(=O)O)cc1. The number of ether oxygens (including phenoxy) is 2. The van der Waals surface area contributed by atoms with Crippen molar-refractivity contribution in [1.82, 2.24) is 5.01 Å². The van der Waals surface area contributed by atoms with E-state index in [0.717, 1.165) is 23.3 Å². The van der Waals surface area contributed by atoms with Crippen LogP contribution < -0.4 is 9.47 Å². The smallest absolute Gasteiger partial charge is 0.303 e. The van der Waals surface area contributed by atoms with Crippen molar-refractivity contribution in [2.75, 3.05) is 14.2 Å². The summed E-state index contributed by atoms with van der Waals surface area (Å²) < 4.78 is 10.7. The Labute approximate surface area is 175 Å². The third-order valence-electron chi connectivity index (χ3n) is 5.21. The molecule has 1 amide bonds. The molecule has 7 nitrogen and oxygen atoms in total. The summed E-state index contributed by atoms with van der Waals surface area (Å²) in [7, 11) is 3.14. The molecule has 0 aromatic heterocycles. The Morgan fingerprint density at radius 3 is 2.37 bits per heavy atom. The molecule has 1 aliphatic rings.